The number of esters is 2. The van der Waals surface area contributed by atoms with E-state index in [-0.39, 0.29) is 12.2 Å². The zero-order chi connectivity index (χ0) is 31.5. The lowest BCUT2D eigenvalue weighted by molar-refractivity contribution is -0.139. The average molecular weight is 619 g/mol. The van der Waals surface area contributed by atoms with Crippen molar-refractivity contribution in [2.45, 2.75) is 19.9 Å². The van der Waals surface area contributed by atoms with E-state index in [1.165, 1.54) is 33.0 Å². The van der Waals surface area contributed by atoms with Gasteiger partial charge in [-0.25, -0.2) is 14.6 Å². The number of benzene rings is 2. The van der Waals surface area contributed by atoms with Gasteiger partial charge in [0.1, 0.15) is 11.5 Å². The molecule has 0 N–H and O–H groups in total. The Balaban J connectivity index is 1.68. The molecule has 0 amide bonds. The molecule has 0 saturated carbocycles. The molecule has 0 spiro atoms. The van der Waals surface area contributed by atoms with E-state index in [9.17, 15) is 14.4 Å². The Morgan fingerprint density at radius 3 is 2.34 bits per heavy atom. The summed E-state index contributed by atoms with van der Waals surface area (Å²) in [5.41, 5.74) is 1.66. The molecule has 0 radical (unpaired) electrons. The molecule has 2 aromatic carbocycles. The van der Waals surface area contributed by atoms with Crippen molar-refractivity contribution in [3.63, 3.8) is 0 Å². The largest absolute Gasteiger partial charge is 0.493 e. The van der Waals surface area contributed by atoms with Gasteiger partial charge in [0.25, 0.3) is 5.56 Å². The SMILES string of the molecule is CCOC(=O)C1=C(C)N=c2s/c(=C/c3ccc(-c4ccccc4C(=O)OC)o3)c(=O)n2[C@H]1c1cc(OC)c(OC)c(OC)c1. The van der Waals surface area contributed by atoms with Gasteiger partial charge in [-0.05, 0) is 49.7 Å². The van der Waals surface area contributed by atoms with Gasteiger partial charge in [0.2, 0.25) is 5.75 Å². The molecule has 1 aliphatic heterocycles. The molecule has 1 atom stereocenters. The molecule has 0 aliphatic carbocycles. The molecule has 228 valence electrons. The van der Waals surface area contributed by atoms with E-state index in [1.807, 2.05) is 0 Å². The predicted molar refractivity (Wildman–Crippen MR) is 162 cm³/mol. The van der Waals surface area contributed by atoms with Crippen LogP contribution in [0.25, 0.3) is 17.4 Å². The van der Waals surface area contributed by atoms with Crippen LogP contribution >= 0.6 is 11.3 Å². The van der Waals surface area contributed by atoms with Crippen LogP contribution < -0.4 is 29.1 Å². The minimum absolute atomic E-state index is 0.141. The Labute approximate surface area is 256 Å². The summed E-state index contributed by atoms with van der Waals surface area (Å²) in [7, 11) is 5.78. The van der Waals surface area contributed by atoms with Gasteiger partial charge in [-0.1, -0.05) is 29.5 Å². The second-order valence-electron chi connectivity index (χ2n) is 9.50. The van der Waals surface area contributed by atoms with Crippen LogP contribution in [-0.4, -0.2) is 51.6 Å². The van der Waals surface area contributed by atoms with Crippen LogP contribution in [-0.2, 0) is 14.3 Å². The van der Waals surface area contributed by atoms with Crippen molar-refractivity contribution in [1.29, 1.82) is 0 Å². The number of aromatic nitrogens is 1. The molecule has 0 unspecified atom stereocenters. The van der Waals surface area contributed by atoms with E-state index in [1.54, 1.807) is 68.5 Å². The van der Waals surface area contributed by atoms with Crippen molar-refractivity contribution >= 4 is 29.4 Å². The number of nitrogens with zero attached hydrogens (tertiary/aromatic N) is 2. The first-order valence-corrected chi connectivity index (χ1v) is 14.3. The lowest BCUT2D eigenvalue weighted by Crippen LogP contribution is -2.40. The molecule has 12 heteroatoms. The Morgan fingerprint density at radius 1 is 1.00 bits per heavy atom. The third-order valence-corrected chi connectivity index (χ3v) is 8.00. The van der Waals surface area contributed by atoms with E-state index in [4.69, 9.17) is 28.1 Å². The summed E-state index contributed by atoms with van der Waals surface area (Å²) in [6.07, 6.45) is 1.60. The molecule has 3 heterocycles. The van der Waals surface area contributed by atoms with Crippen LogP contribution in [0.3, 0.4) is 0 Å². The minimum atomic E-state index is -0.903. The number of ether oxygens (including phenoxy) is 5. The Hall–Kier alpha value is -5.10. The predicted octanol–water partition coefficient (Wildman–Crippen LogP) is 3.87. The van der Waals surface area contributed by atoms with Gasteiger partial charge in [-0.2, -0.15) is 0 Å². The normalized spacial score (nSPS) is 14.5. The third-order valence-electron chi connectivity index (χ3n) is 7.02. The number of fused-ring (bicyclic) bond motifs is 1. The third kappa shape index (κ3) is 5.39. The van der Waals surface area contributed by atoms with Gasteiger partial charge in [-0.15, -0.1) is 0 Å². The number of methoxy groups -OCH3 is 4. The highest BCUT2D eigenvalue weighted by Crippen LogP contribution is 2.42. The fourth-order valence-corrected chi connectivity index (χ4v) is 6.08. The Morgan fingerprint density at radius 2 is 1.70 bits per heavy atom. The number of hydrogen-bond acceptors (Lipinski definition) is 11. The lowest BCUT2D eigenvalue weighted by Gasteiger charge is -2.26. The number of carbonyl (C=O) groups is 2. The van der Waals surface area contributed by atoms with Gasteiger partial charge in [0.15, 0.2) is 16.3 Å². The van der Waals surface area contributed by atoms with Crippen molar-refractivity contribution in [2.75, 3.05) is 35.0 Å². The number of rotatable bonds is 9. The quantitative estimate of drug-likeness (QED) is 0.257. The molecule has 0 fully saturated rings. The summed E-state index contributed by atoms with van der Waals surface area (Å²) in [5.74, 6) is 0.811. The molecular weight excluding hydrogens is 588 g/mol. The van der Waals surface area contributed by atoms with Crippen molar-refractivity contribution in [3.05, 3.63) is 96.4 Å². The van der Waals surface area contributed by atoms with E-state index in [2.05, 4.69) is 4.99 Å². The monoisotopic (exact) mass is 618 g/mol. The highest BCUT2D eigenvalue weighted by molar-refractivity contribution is 7.07. The first kappa shape index (κ1) is 30.4. The van der Waals surface area contributed by atoms with Crippen LogP contribution in [0.5, 0.6) is 17.2 Å². The van der Waals surface area contributed by atoms with Crippen molar-refractivity contribution in [3.8, 4) is 28.6 Å². The molecule has 0 bridgehead atoms. The second-order valence-corrected chi connectivity index (χ2v) is 10.5. The molecule has 1 aliphatic rings. The van der Waals surface area contributed by atoms with E-state index in [0.29, 0.717) is 60.5 Å². The Bertz CT molecular complexity index is 1940. The van der Waals surface area contributed by atoms with Crippen LogP contribution in [0.2, 0.25) is 0 Å². The number of hydrogen-bond donors (Lipinski definition) is 0. The molecule has 2 aromatic heterocycles. The molecule has 11 nitrogen and oxygen atoms in total. The zero-order valence-electron chi connectivity index (χ0n) is 25.0. The molecular formula is C32H30N2O9S. The fraction of sp³-hybridized carbons (Fsp3) is 0.250. The number of furan rings is 1. The second kappa shape index (κ2) is 12.6. The molecule has 0 saturated heterocycles. The minimum Gasteiger partial charge on any atom is -0.493 e. The highest BCUT2D eigenvalue weighted by Gasteiger charge is 2.34. The van der Waals surface area contributed by atoms with Gasteiger partial charge in [-0.3, -0.25) is 9.36 Å². The molecule has 44 heavy (non-hydrogen) atoms. The van der Waals surface area contributed by atoms with Gasteiger partial charge in [0, 0.05) is 11.6 Å². The fourth-order valence-electron chi connectivity index (χ4n) is 5.06. The van der Waals surface area contributed by atoms with Gasteiger partial charge >= 0.3 is 11.9 Å². The van der Waals surface area contributed by atoms with Crippen LogP contribution in [0.4, 0.5) is 0 Å². The zero-order valence-corrected chi connectivity index (χ0v) is 25.8. The van der Waals surface area contributed by atoms with Crippen molar-refractivity contribution in [1.82, 2.24) is 4.57 Å². The van der Waals surface area contributed by atoms with E-state index in [0.717, 1.165) is 11.3 Å². The first-order chi connectivity index (χ1) is 21.3. The average Bonchev–Trinajstić information content (AvgIpc) is 3.62. The first-order valence-electron chi connectivity index (χ1n) is 13.5. The standard InChI is InChI=1S/C32H30N2O9S/c1-7-42-31(37)26-17(2)33-32-34(27(26)18-14-23(38-3)28(40-5)24(15-18)39-4)29(35)25(44-32)16-19-12-13-22(43-19)20-10-8-9-11-21(20)30(36)41-6/h8-16,27H,7H2,1-6H3/b25-16+/t27-/m0/s1. The van der Waals surface area contributed by atoms with Crippen LogP contribution in [0.1, 0.15) is 41.6 Å². The Kier molecular flexibility index (Phi) is 8.72. The lowest BCUT2D eigenvalue weighted by atomic mass is 9.95. The van der Waals surface area contributed by atoms with Gasteiger partial charge < -0.3 is 28.1 Å². The summed E-state index contributed by atoms with van der Waals surface area (Å²) >= 11 is 1.15. The smallest absolute Gasteiger partial charge is 0.338 e. The number of thiazole rings is 1. The van der Waals surface area contributed by atoms with Gasteiger partial charge in [0.05, 0.1) is 62.5 Å². The number of carbonyl (C=O) groups excluding carboxylic acids is 2. The van der Waals surface area contributed by atoms with Crippen molar-refractivity contribution < 1.29 is 37.7 Å². The maximum atomic E-state index is 14.0. The highest BCUT2D eigenvalue weighted by atomic mass is 32.1. The molecule has 5 rings (SSSR count). The summed E-state index contributed by atoms with van der Waals surface area (Å²) in [6.45, 7) is 3.55. The van der Waals surface area contributed by atoms with E-state index >= 15 is 0 Å². The van der Waals surface area contributed by atoms with E-state index < -0.39 is 23.5 Å². The maximum absolute atomic E-state index is 14.0. The van der Waals surface area contributed by atoms with Crippen LogP contribution in [0, 0.1) is 0 Å². The molecule has 4 aromatic rings. The van der Waals surface area contributed by atoms with Crippen LogP contribution in [0.15, 0.2) is 74.0 Å². The summed E-state index contributed by atoms with van der Waals surface area (Å²) in [4.78, 5) is 44.6. The maximum Gasteiger partial charge on any atom is 0.338 e. The summed E-state index contributed by atoms with van der Waals surface area (Å²) in [6, 6.07) is 12.8. The number of allylic oxidation sites excluding steroid dienone is 1. The van der Waals surface area contributed by atoms with Crippen molar-refractivity contribution in [2.24, 2.45) is 4.99 Å². The summed E-state index contributed by atoms with van der Waals surface area (Å²) < 4.78 is 34.7. The topological polar surface area (TPSA) is 128 Å². The summed E-state index contributed by atoms with van der Waals surface area (Å²) in [5, 5.41) is 0.